The molecular formula is C23H19ClFN3O2S. The highest BCUT2D eigenvalue weighted by Crippen LogP contribution is 2.34. The third-order valence-corrected chi connectivity index (χ3v) is 6.34. The van der Waals surface area contributed by atoms with Gasteiger partial charge in [0.25, 0.3) is 0 Å². The van der Waals surface area contributed by atoms with E-state index in [-0.39, 0.29) is 10.6 Å². The molecule has 0 aliphatic carbocycles. The summed E-state index contributed by atoms with van der Waals surface area (Å²) in [7, 11) is 0. The van der Waals surface area contributed by atoms with E-state index in [2.05, 4.69) is 25.8 Å². The van der Waals surface area contributed by atoms with Crippen LogP contribution in [0.1, 0.15) is 28.4 Å². The zero-order chi connectivity index (χ0) is 21.4. The first-order valence-corrected chi connectivity index (χ1v) is 11.0. The van der Waals surface area contributed by atoms with E-state index in [4.69, 9.17) is 16.3 Å². The highest BCUT2D eigenvalue weighted by molar-refractivity contribution is 7.00. The standard InChI is InChI=1S/C23H19ClFN3O2S/c24-17-2-1-3-18(25)22(17)23(29)15-5-7-21-16(11-15)13-28(8-9-30-21)12-14-4-6-19-20(10-14)27-31-26-19/h1-7,10-11,23,29H,8-9,12-13H2. The molecule has 158 valence electrons. The second-order valence-electron chi connectivity index (χ2n) is 7.55. The van der Waals surface area contributed by atoms with E-state index in [9.17, 15) is 9.50 Å². The summed E-state index contributed by atoms with van der Waals surface area (Å²) >= 11 is 7.36. The smallest absolute Gasteiger partial charge is 0.130 e. The highest BCUT2D eigenvalue weighted by Gasteiger charge is 2.22. The van der Waals surface area contributed by atoms with Gasteiger partial charge in [-0.05, 0) is 47.5 Å². The molecule has 0 bridgehead atoms. The van der Waals surface area contributed by atoms with Crippen molar-refractivity contribution in [2.75, 3.05) is 13.2 Å². The topological polar surface area (TPSA) is 58.5 Å². The van der Waals surface area contributed by atoms with Gasteiger partial charge in [0, 0.05) is 35.8 Å². The van der Waals surface area contributed by atoms with Crippen molar-refractivity contribution in [1.82, 2.24) is 13.6 Å². The lowest BCUT2D eigenvalue weighted by atomic mass is 9.98. The number of aromatic nitrogens is 2. The van der Waals surface area contributed by atoms with E-state index in [0.717, 1.165) is 41.0 Å². The summed E-state index contributed by atoms with van der Waals surface area (Å²) in [4.78, 5) is 2.28. The minimum atomic E-state index is -1.16. The second kappa shape index (κ2) is 8.51. The summed E-state index contributed by atoms with van der Waals surface area (Å²) in [5, 5.41) is 11.0. The molecule has 8 heteroatoms. The fourth-order valence-electron chi connectivity index (χ4n) is 3.90. The van der Waals surface area contributed by atoms with Crippen LogP contribution in [0.15, 0.2) is 54.6 Å². The zero-order valence-corrected chi connectivity index (χ0v) is 18.0. The average Bonchev–Trinajstić information content (AvgIpc) is 3.12. The van der Waals surface area contributed by atoms with E-state index in [0.29, 0.717) is 18.7 Å². The summed E-state index contributed by atoms with van der Waals surface area (Å²) < 4.78 is 28.8. The first-order valence-electron chi connectivity index (χ1n) is 9.89. The number of ether oxygens (including phenoxy) is 1. The molecule has 0 fully saturated rings. The number of benzene rings is 3. The van der Waals surface area contributed by atoms with Crippen LogP contribution in [0.4, 0.5) is 4.39 Å². The third-order valence-electron chi connectivity index (χ3n) is 5.46. The minimum absolute atomic E-state index is 0.0840. The van der Waals surface area contributed by atoms with E-state index in [1.165, 1.54) is 23.9 Å². The summed E-state index contributed by atoms with van der Waals surface area (Å²) in [6.07, 6.45) is -1.16. The summed E-state index contributed by atoms with van der Waals surface area (Å²) in [6, 6.07) is 16.0. The molecule has 0 saturated heterocycles. The molecule has 1 N–H and O–H groups in total. The monoisotopic (exact) mass is 455 g/mol. The Labute approximate surface area is 188 Å². The van der Waals surface area contributed by atoms with Crippen LogP contribution >= 0.6 is 23.3 Å². The number of aliphatic hydroxyl groups is 1. The van der Waals surface area contributed by atoms with Gasteiger partial charge in [0.2, 0.25) is 0 Å². The molecule has 0 spiro atoms. The predicted octanol–water partition coefficient (Wildman–Crippen LogP) is 4.96. The van der Waals surface area contributed by atoms with Crippen molar-refractivity contribution in [1.29, 1.82) is 0 Å². The zero-order valence-electron chi connectivity index (χ0n) is 16.5. The number of rotatable bonds is 4. The van der Waals surface area contributed by atoms with Crippen LogP contribution in [0.2, 0.25) is 5.02 Å². The van der Waals surface area contributed by atoms with Crippen molar-refractivity contribution in [3.05, 3.63) is 87.7 Å². The normalized spacial score (nSPS) is 15.3. The fourth-order valence-corrected chi connectivity index (χ4v) is 4.68. The summed E-state index contributed by atoms with van der Waals surface area (Å²) in [6.45, 7) is 2.71. The average molecular weight is 456 g/mol. The molecule has 5 rings (SSSR count). The van der Waals surface area contributed by atoms with Gasteiger partial charge in [0.1, 0.15) is 35.3 Å². The Morgan fingerprint density at radius 2 is 2.00 bits per heavy atom. The molecule has 1 aliphatic rings. The van der Waals surface area contributed by atoms with Gasteiger partial charge in [-0.15, -0.1) is 0 Å². The van der Waals surface area contributed by atoms with E-state index in [1.807, 2.05) is 18.2 Å². The van der Waals surface area contributed by atoms with E-state index < -0.39 is 11.9 Å². The third kappa shape index (κ3) is 4.14. The van der Waals surface area contributed by atoms with Crippen LogP contribution in [-0.2, 0) is 13.1 Å². The summed E-state index contributed by atoms with van der Waals surface area (Å²) in [5.41, 5.74) is 4.56. The van der Waals surface area contributed by atoms with Crippen LogP contribution in [-0.4, -0.2) is 31.9 Å². The number of aliphatic hydroxyl groups excluding tert-OH is 1. The van der Waals surface area contributed by atoms with Gasteiger partial charge < -0.3 is 9.84 Å². The van der Waals surface area contributed by atoms with Crippen molar-refractivity contribution in [3.63, 3.8) is 0 Å². The molecule has 31 heavy (non-hydrogen) atoms. The summed E-state index contributed by atoms with van der Waals surface area (Å²) in [5.74, 6) is 0.247. The minimum Gasteiger partial charge on any atom is -0.492 e. The van der Waals surface area contributed by atoms with Gasteiger partial charge >= 0.3 is 0 Å². The molecule has 1 unspecified atom stereocenters. The number of nitrogens with zero attached hydrogens (tertiary/aromatic N) is 3. The van der Waals surface area contributed by atoms with Crippen LogP contribution in [0.25, 0.3) is 11.0 Å². The second-order valence-corrected chi connectivity index (χ2v) is 8.49. The largest absolute Gasteiger partial charge is 0.492 e. The van der Waals surface area contributed by atoms with Crippen molar-refractivity contribution in [2.24, 2.45) is 0 Å². The van der Waals surface area contributed by atoms with Crippen molar-refractivity contribution >= 4 is 34.4 Å². The number of hydrogen-bond acceptors (Lipinski definition) is 6. The van der Waals surface area contributed by atoms with Crippen LogP contribution < -0.4 is 4.74 Å². The van der Waals surface area contributed by atoms with Gasteiger partial charge in [0.05, 0.1) is 11.7 Å². The quantitative estimate of drug-likeness (QED) is 0.471. The van der Waals surface area contributed by atoms with Gasteiger partial charge in [-0.2, -0.15) is 8.75 Å². The van der Waals surface area contributed by atoms with Crippen molar-refractivity contribution in [3.8, 4) is 5.75 Å². The maximum atomic E-state index is 14.3. The van der Waals surface area contributed by atoms with Gasteiger partial charge in [0.15, 0.2) is 0 Å². The Morgan fingerprint density at radius 1 is 1.13 bits per heavy atom. The van der Waals surface area contributed by atoms with Crippen LogP contribution in [0.5, 0.6) is 5.75 Å². The van der Waals surface area contributed by atoms with Gasteiger partial charge in [-0.1, -0.05) is 29.8 Å². The Balaban J connectivity index is 1.40. The van der Waals surface area contributed by atoms with Gasteiger partial charge in [-0.3, -0.25) is 4.90 Å². The van der Waals surface area contributed by atoms with Crippen LogP contribution in [0.3, 0.4) is 0 Å². The molecule has 4 aromatic rings. The molecule has 5 nitrogen and oxygen atoms in total. The first-order chi connectivity index (χ1) is 15.1. The van der Waals surface area contributed by atoms with Gasteiger partial charge in [-0.25, -0.2) is 4.39 Å². The number of hydrogen-bond donors (Lipinski definition) is 1. The Hall–Kier alpha value is -2.58. The lowest BCUT2D eigenvalue weighted by molar-refractivity contribution is 0.214. The Morgan fingerprint density at radius 3 is 2.87 bits per heavy atom. The van der Waals surface area contributed by atoms with Crippen LogP contribution in [0, 0.1) is 5.82 Å². The SMILES string of the molecule is OC(c1ccc2c(c1)CN(Cc1ccc3nsnc3c1)CCO2)c1c(F)cccc1Cl. The predicted molar refractivity (Wildman–Crippen MR) is 119 cm³/mol. The molecular weight excluding hydrogens is 437 g/mol. The van der Waals surface area contributed by atoms with Crippen molar-refractivity contribution in [2.45, 2.75) is 19.2 Å². The molecule has 0 amide bonds. The number of halogens is 2. The molecule has 2 heterocycles. The molecule has 1 aromatic heterocycles. The maximum Gasteiger partial charge on any atom is 0.130 e. The lowest BCUT2D eigenvalue weighted by Gasteiger charge is -2.20. The molecule has 1 aliphatic heterocycles. The molecule has 3 aromatic carbocycles. The Kier molecular flexibility index (Phi) is 5.58. The van der Waals surface area contributed by atoms with Crippen molar-refractivity contribution < 1.29 is 14.2 Å². The highest BCUT2D eigenvalue weighted by atomic mass is 35.5. The molecule has 0 saturated carbocycles. The first kappa shape index (κ1) is 20.3. The maximum absolute atomic E-state index is 14.3. The van der Waals surface area contributed by atoms with E-state index in [1.54, 1.807) is 12.1 Å². The number of fused-ring (bicyclic) bond motifs is 2. The molecule has 1 atom stereocenters. The lowest BCUT2D eigenvalue weighted by Crippen LogP contribution is -2.25. The molecule has 0 radical (unpaired) electrons. The fraction of sp³-hybridized carbons (Fsp3) is 0.217. The Bertz CT molecular complexity index is 1230. The van der Waals surface area contributed by atoms with E-state index >= 15 is 0 Å².